The van der Waals surface area contributed by atoms with Crippen LogP contribution in [0.3, 0.4) is 0 Å². The zero-order valence-electron chi connectivity index (χ0n) is 12.2. The SMILES string of the molecule is CCNC(CSC(C)C)c1cc2cccc(C)c2o1. The van der Waals surface area contributed by atoms with Crippen molar-refractivity contribution in [1.29, 1.82) is 0 Å². The smallest absolute Gasteiger partial charge is 0.137 e. The van der Waals surface area contributed by atoms with Gasteiger partial charge in [-0.05, 0) is 30.3 Å². The molecule has 1 unspecified atom stereocenters. The highest BCUT2D eigenvalue weighted by atomic mass is 32.2. The summed E-state index contributed by atoms with van der Waals surface area (Å²) in [4.78, 5) is 0. The molecule has 0 amide bonds. The van der Waals surface area contributed by atoms with Crippen molar-refractivity contribution < 1.29 is 4.42 Å². The van der Waals surface area contributed by atoms with Crippen molar-refractivity contribution in [2.45, 2.75) is 39.0 Å². The predicted molar refractivity (Wildman–Crippen MR) is 85.0 cm³/mol. The number of furan rings is 1. The summed E-state index contributed by atoms with van der Waals surface area (Å²) in [5.41, 5.74) is 2.23. The van der Waals surface area contributed by atoms with Crippen molar-refractivity contribution in [3.63, 3.8) is 0 Å². The summed E-state index contributed by atoms with van der Waals surface area (Å²) in [5, 5.41) is 5.37. The van der Waals surface area contributed by atoms with Crippen molar-refractivity contribution in [2.75, 3.05) is 12.3 Å². The molecule has 0 saturated heterocycles. The number of hydrogen-bond acceptors (Lipinski definition) is 3. The quantitative estimate of drug-likeness (QED) is 0.839. The lowest BCUT2D eigenvalue weighted by atomic mass is 10.1. The average molecular weight is 277 g/mol. The fourth-order valence-corrected chi connectivity index (χ4v) is 3.04. The van der Waals surface area contributed by atoms with Gasteiger partial charge in [-0.2, -0.15) is 11.8 Å². The highest BCUT2D eigenvalue weighted by Gasteiger charge is 2.16. The third kappa shape index (κ3) is 3.54. The van der Waals surface area contributed by atoms with E-state index in [0.717, 1.165) is 23.6 Å². The van der Waals surface area contributed by atoms with Gasteiger partial charge in [0.25, 0.3) is 0 Å². The number of thioether (sulfide) groups is 1. The second-order valence-corrected chi connectivity index (χ2v) is 6.74. The summed E-state index contributed by atoms with van der Waals surface area (Å²) in [6.07, 6.45) is 0. The molecule has 0 spiro atoms. The minimum Gasteiger partial charge on any atom is -0.459 e. The number of para-hydroxylation sites is 1. The molecule has 0 aliphatic heterocycles. The first-order valence-electron chi connectivity index (χ1n) is 6.95. The maximum absolute atomic E-state index is 6.07. The first-order valence-corrected chi connectivity index (χ1v) is 8.00. The molecule has 1 N–H and O–H groups in total. The fourth-order valence-electron chi connectivity index (χ4n) is 2.18. The van der Waals surface area contributed by atoms with Crippen molar-refractivity contribution in [3.8, 4) is 0 Å². The summed E-state index contributed by atoms with van der Waals surface area (Å²) in [7, 11) is 0. The molecule has 0 bridgehead atoms. The zero-order chi connectivity index (χ0) is 13.8. The van der Waals surface area contributed by atoms with E-state index in [0.29, 0.717) is 11.3 Å². The third-order valence-electron chi connectivity index (χ3n) is 3.15. The molecule has 2 nitrogen and oxygen atoms in total. The van der Waals surface area contributed by atoms with Crippen LogP contribution in [0.5, 0.6) is 0 Å². The van der Waals surface area contributed by atoms with Crippen molar-refractivity contribution in [1.82, 2.24) is 5.32 Å². The minimum absolute atomic E-state index is 0.296. The van der Waals surface area contributed by atoms with E-state index in [1.165, 1.54) is 10.9 Å². The predicted octanol–water partition coefficient (Wildman–Crippen LogP) is 4.53. The number of aryl methyl sites for hydroxylation is 1. The summed E-state index contributed by atoms with van der Waals surface area (Å²) >= 11 is 1.97. The van der Waals surface area contributed by atoms with Gasteiger partial charge in [0, 0.05) is 11.1 Å². The molecule has 0 fully saturated rings. The first kappa shape index (κ1) is 14.5. The highest BCUT2D eigenvalue weighted by Crippen LogP contribution is 2.28. The van der Waals surface area contributed by atoms with Crippen LogP contribution in [-0.4, -0.2) is 17.5 Å². The van der Waals surface area contributed by atoms with Gasteiger partial charge in [0.05, 0.1) is 6.04 Å². The minimum atomic E-state index is 0.296. The van der Waals surface area contributed by atoms with Gasteiger partial charge in [-0.25, -0.2) is 0 Å². The molecule has 1 atom stereocenters. The summed E-state index contributed by atoms with van der Waals surface area (Å²) in [5.74, 6) is 2.10. The topological polar surface area (TPSA) is 25.2 Å². The van der Waals surface area contributed by atoms with Crippen LogP contribution in [0, 0.1) is 6.92 Å². The largest absolute Gasteiger partial charge is 0.459 e. The second-order valence-electron chi connectivity index (χ2n) is 5.13. The van der Waals surface area contributed by atoms with Gasteiger partial charge in [0.15, 0.2) is 0 Å². The van der Waals surface area contributed by atoms with E-state index in [1.54, 1.807) is 0 Å². The van der Waals surface area contributed by atoms with Gasteiger partial charge >= 0.3 is 0 Å². The van der Waals surface area contributed by atoms with E-state index in [-0.39, 0.29) is 0 Å². The summed E-state index contributed by atoms with van der Waals surface area (Å²) in [6.45, 7) is 9.66. The molecule has 104 valence electrons. The van der Waals surface area contributed by atoms with Crippen molar-refractivity contribution in [3.05, 3.63) is 35.6 Å². The van der Waals surface area contributed by atoms with Crippen LogP contribution in [0.1, 0.15) is 38.1 Å². The molecule has 19 heavy (non-hydrogen) atoms. The Balaban J connectivity index is 2.25. The molecule has 0 radical (unpaired) electrons. The van der Waals surface area contributed by atoms with Crippen LogP contribution >= 0.6 is 11.8 Å². The number of benzene rings is 1. The van der Waals surface area contributed by atoms with Crippen LogP contribution < -0.4 is 5.32 Å². The fraction of sp³-hybridized carbons (Fsp3) is 0.500. The Hall–Kier alpha value is -0.930. The molecular weight excluding hydrogens is 254 g/mol. The first-order chi connectivity index (χ1) is 9.11. The summed E-state index contributed by atoms with van der Waals surface area (Å²) < 4.78 is 6.07. The van der Waals surface area contributed by atoms with Gasteiger partial charge in [-0.3, -0.25) is 0 Å². The Bertz CT molecular complexity index is 533. The molecule has 0 aliphatic rings. The lowest BCUT2D eigenvalue weighted by molar-refractivity contribution is 0.463. The van der Waals surface area contributed by atoms with Crippen LogP contribution in [0.2, 0.25) is 0 Å². The van der Waals surface area contributed by atoms with Crippen LogP contribution in [0.25, 0.3) is 11.0 Å². The van der Waals surface area contributed by atoms with Gasteiger partial charge in [-0.1, -0.05) is 39.0 Å². The van der Waals surface area contributed by atoms with Crippen LogP contribution in [-0.2, 0) is 0 Å². The van der Waals surface area contributed by atoms with E-state index in [1.807, 2.05) is 11.8 Å². The number of fused-ring (bicyclic) bond motifs is 1. The van der Waals surface area contributed by atoms with E-state index in [9.17, 15) is 0 Å². The Morgan fingerprint density at radius 1 is 1.32 bits per heavy atom. The van der Waals surface area contributed by atoms with E-state index in [4.69, 9.17) is 4.42 Å². The van der Waals surface area contributed by atoms with Crippen LogP contribution in [0.15, 0.2) is 28.7 Å². The standard InChI is InChI=1S/C16H23NOS/c1-5-17-14(10-19-11(2)3)15-9-13-8-6-7-12(4)16(13)18-15/h6-9,11,14,17H,5,10H2,1-4H3. The van der Waals surface area contributed by atoms with Gasteiger partial charge < -0.3 is 9.73 Å². The molecular formula is C16H23NOS. The molecule has 0 saturated carbocycles. The van der Waals surface area contributed by atoms with Gasteiger partial charge in [-0.15, -0.1) is 0 Å². The van der Waals surface area contributed by atoms with Crippen molar-refractivity contribution >= 4 is 22.7 Å². The van der Waals surface area contributed by atoms with Crippen LogP contribution in [0.4, 0.5) is 0 Å². The lowest BCUT2D eigenvalue weighted by Gasteiger charge is -2.16. The number of nitrogens with one attached hydrogen (secondary N) is 1. The molecule has 2 aromatic rings. The highest BCUT2D eigenvalue weighted by molar-refractivity contribution is 7.99. The Kier molecular flexibility index (Phi) is 4.94. The van der Waals surface area contributed by atoms with E-state index in [2.05, 4.69) is 57.3 Å². The Morgan fingerprint density at radius 2 is 2.11 bits per heavy atom. The molecule has 1 aromatic carbocycles. The average Bonchev–Trinajstić information content (AvgIpc) is 2.79. The van der Waals surface area contributed by atoms with Crippen molar-refractivity contribution in [2.24, 2.45) is 0 Å². The molecule has 0 aliphatic carbocycles. The van der Waals surface area contributed by atoms with Gasteiger partial charge in [0.1, 0.15) is 11.3 Å². The monoisotopic (exact) mass is 277 g/mol. The molecule has 1 heterocycles. The number of hydrogen-bond donors (Lipinski definition) is 1. The molecule has 2 rings (SSSR count). The van der Waals surface area contributed by atoms with Gasteiger partial charge in [0.2, 0.25) is 0 Å². The zero-order valence-corrected chi connectivity index (χ0v) is 13.0. The number of rotatable bonds is 6. The maximum Gasteiger partial charge on any atom is 0.137 e. The van der Waals surface area contributed by atoms with E-state index < -0.39 is 0 Å². The Labute approximate surface area is 119 Å². The molecule has 1 aromatic heterocycles. The van der Waals surface area contributed by atoms with E-state index >= 15 is 0 Å². The normalized spacial score (nSPS) is 13.3. The maximum atomic E-state index is 6.07. The second kappa shape index (κ2) is 6.49. The third-order valence-corrected chi connectivity index (χ3v) is 4.34. The summed E-state index contributed by atoms with van der Waals surface area (Å²) in [6, 6.07) is 8.78. The Morgan fingerprint density at radius 3 is 2.74 bits per heavy atom. The molecule has 3 heteroatoms. The lowest BCUT2D eigenvalue weighted by Crippen LogP contribution is -2.23.